The zero-order valence-electron chi connectivity index (χ0n) is 14.9. The molecule has 11 heteroatoms. The van der Waals surface area contributed by atoms with Crippen molar-refractivity contribution in [2.45, 2.75) is 17.7 Å². The number of benzene rings is 1. The normalized spacial score (nSPS) is 26.2. The lowest BCUT2D eigenvalue weighted by molar-refractivity contribution is -0.288. The number of ether oxygens (including phenoxy) is 2. The van der Waals surface area contributed by atoms with Crippen molar-refractivity contribution in [1.82, 2.24) is 10.4 Å². The molecule has 2 unspecified atom stereocenters. The second-order valence-corrected chi connectivity index (χ2v) is 8.99. The molecule has 0 aromatic heterocycles. The first-order valence-corrected chi connectivity index (χ1v) is 10.5. The lowest BCUT2D eigenvalue weighted by Gasteiger charge is -2.42. The largest absolute Gasteiger partial charge is 0.394 e. The van der Waals surface area contributed by atoms with Crippen LogP contribution in [-0.2, 0) is 18.8 Å². The molecule has 5 N–H and O–H groups in total. The maximum atomic E-state index is 12.2. The summed E-state index contributed by atoms with van der Waals surface area (Å²) in [5.41, 5.74) is -0.705. The molecule has 1 amide bonds. The Morgan fingerprint density at radius 1 is 1.37 bits per heavy atom. The van der Waals surface area contributed by atoms with E-state index in [9.17, 15) is 29.7 Å². The first-order chi connectivity index (χ1) is 12.7. The molecular formula is C16H25N2O8P. The van der Waals surface area contributed by atoms with E-state index in [0.29, 0.717) is 5.06 Å². The van der Waals surface area contributed by atoms with E-state index in [4.69, 9.17) is 9.47 Å². The predicted octanol–water partition coefficient (Wildman–Crippen LogP) is -0.511. The number of rotatable bonds is 8. The fourth-order valence-electron chi connectivity index (χ4n) is 2.45. The minimum absolute atomic E-state index is 0.158. The molecule has 2 atom stereocenters. The highest BCUT2D eigenvalue weighted by atomic mass is 31.2. The number of hydrogen-bond donors (Lipinski definition) is 5. The molecule has 2 rings (SSSR count). The van der Waals surface area contributed by atoms with Crippen LogP contribution in [0.3, 0.4) is 0 Å². The van der Waals surface area contributed by atoms with Gasteiger partial charge in [0.25, 0.3) is 5.91 Å². The van der Waals surface area contributed by atoms with E-state index in [-0.39, 0.29) is 19.8 Å². The molecule has 1 aromatic rings. The highest BCUT2D eigenvalue weighted by molar-refractivity contribution is 7.57. The summed E-state index contributed by atoms with van der Waals surface area (Å²) < 4.78 is 22.4. The quantitative estimate of drug-likeness (QED) is 0.219. The highest BCUT2D eigenvalue weighted by Crippen LogP contribution is 2.39. The van der Waals surface area contributed by atoms with E-state index >= 15 is 0 Å². The van der Waals surface area contributed by atoms with Gasteiger partial charge in [-0.3, -0.25) is 14.6 Å². The van der Waals surface area contributed by atoms with Gasteiger partial charge in [0.15, 0.2) is 6.29 Å². The minimum atomic E-state index is -3.70. The number of aliphatic hydroxyl groups is 2. The zero-order valence-corrected chi connectivity index (χ0v) is 15.8. The molecule has 27 heavy (non-hydrogen) atoms. The molecule has 1 aliphatic rings. The lowest BCUT2D eigenvalue weighted by atomic mass is 10.0. The molecule has 0 spiro atoms. The van der Waals surface area contributed by atoms with Crippen LogP contribution in [-0.4, -0.2) is 82.2 Å². The van der Waals surface area contributed by atoms with Gasteiger partial charge in [0.05, 0.1) is 26.4 Å². The van der Waals surface area contributed by atoms with Gasteiger partial charge in [0.2, 0.25) is 7.37 Å². The average molecular weight is 404 g/mol. The maximum absolute atomic E-state index is 12.2. The Bertz CT molecular complexity index is 660. The van der Waals surface area contributed by atoms with Crippen LogP contribution in [0.25, 0.3) is 0 Å². The number of hydrogen-bond acceptors (Lipinski definition) is 8. The van der Waals surface area contributed by atoms with Crippen molar-refractivity contribution in [1.29, 1.82) is 0 Å². The van der Waals surface area contributed by atoms with E-state index in [2.05, 4.69) is 5.32 Å². The summed E-state index contributed by atoms with van der Waals surface area (Å²) in [5, 5.41) is 32.2. The van der Waals surface area contributed by atoms with Gasteiger partial charge < -0.3 is 29.9 Å². The third kappa shape index (κ3) is 5.56. The van der Waals surface area contributed by atoms with Crippen molar-refractivity contribution in [2.75, 3.05) is 39.6 Å². The van der Waals surface area contributed by atoms with E-state index in [0.717, 1.165) is 12.2 Å². The molecule has 152 valence electrons. The Labute approximate surface area is 156 Å². The van der Waals surface area contributed by atoms with Crippen LogP contribution in [0.2, 0.25) is 0 Å². The van der Waals surface area contributed by atoms with Crippen molar-refractivity contribution in [3.8, 4) is 0 Å². The van der Waals surface area contributed by atoms with Crippen molar-refractivity contribution in [2.24, 2.45) is 0 Å². The number of nitrogens with one attached hydrogen (secondary N) is 1. The summed E-state index contributed by atoms with van der Waals surface area (Å²) in [6, 6.07) is 9.10. The maximum Gasteiger partial charge on any atom is 0.260 e. The fraction of sp³-hybridized carbons (Fsp3) is 0.562. The minimum Gasteiger partial charge on any atom is -0.394 e. The second kappa shape index (κ2) is 9.22. The summed E-state index contributed by atoms with van der Waals surface area (Å²) in [4.78, 5) is 21.4. The summed E-state index contributed by atoms with van der Waals surface area (Å²) in [6.07, 6.45) is -0.675. The molecular weight excluding hydrogens is 379 g/mol. The van der Waals surface area contributed by atoms with Gasteiger partial charge in [0, 0.05) is 18.8 Å². The van der Waals surface area contributed by atoms with E-state index < -0.39 is 44.1 Å². The average Bonchev–Trinajstić information content (AvgIpc) is 2.67. The van der Waals surface area contributed by atoms with Gasteiger partial charge in [-0.1, -0.05) is 30.3 Å². The van der Waals surface area contributed by atoms with Gasteiger partial charge in [-0.2, -0.15) is 0 Å². The molecule has 0 bridgehead atoms. The summed E-state index contributed by atoms with van der Waals surface area (Å²) in [6.45, 7) is -0.639. The molecule has 1 saturated heterocycles. The van der Waals surface area contributed by atoms with Crippen LogP contribution < -0.4 is 5.32 Å². The zero-order chi connectivity index (χ0) is 20.1. The van der Waals surface area contributed by atoms with Crippen LogP contribution >= 0.6 is 7.37 Å². The van der Waals surface area contributed by atoms with Crippen LogP contribution in [0.15, 0.2) is 30.3 Å². The predicted molar refractivity (Wildman–Crippen MR) is 94.2 cm³/mol. The number of aliphatic hydroxyl groups excluding tert-OH is 2. The van der Waals surface area contributed by atoms with Gasteiger partial charge in [-0.15, -0.1) is 0 Å². The molecule has 1 aromatic carbocycles. The van der Waals surface area contributed by atoms with Crippen LogP contribution in [0.5, 0.6) is 0 Å². The van der Waals surface area contributed by atoms with Gasteiger partial charge in [0.1, 0.15) is 11.4 Å². The van der Waals surface area contributed by atoms with Crippen LogP contribution in [0.1, 0.15) is 11.9 Å². The summed E-state index contributed by atoms with van der Waals surface area (Å²) >= 11 is 0. The molecule has 0 radical (unpaired) electrons. The van der Waals surface area contributed by atoms with Crippen LogP contribution in [0, 0.1) is 0 Å². The third-order valence-corrected chi connectivity index (χ3v) is 5.50. The Balaban J connectivity index is 1.90. The molecule has 1 fully saturated rings. The molecule has 0 aliphatic carbocycles. The Hall–Kier alpha value is -1.36. The van der Waals surface area contributed by atoms with Crippen molar-refractivity contribution < 1.29 is 39.1 Å². The molecule has 1 aliphatic heterocycles. The monoisotopic (exact) mass is 404 g/mol. The SMILES string of the molecule is CP(=O)(O)C(O)CNCC(=O)N(O)C1(CO)COC(c2ccccc2)OC1. The van der Waals surface area contributed by atoms with E-state index in [1.165, 1.54) is 0 Å². The number of carbonyl (C=O) groups is 1. The fourth-order valence-corrected chi connectivity index (χ4v) is 2.92. The Morgan fingerprint density at radius 3 is 2.48 bits per heavy atom. The van der Waals surface area contributed by atoms with Crippen molar-refractivity contribution >= 4 is 13.3 Å². The van der Waals surface area contributed by atoms with Gasteiger partial charge in [-0.25, -0.2) is 5.06 Å². The lowest BCUT2D eigenvalue weighted by Crippen LogP contribution is -2.62. The first kappa shape index (κ1) is 21.9. The van der Waals surface area contributed by atoms with E-state index in [1.807, 2.05) is 18.2 Å². The molecule has 10 nitrogen and oxygen atoms in total. The summed E-state index contributed by atoms with van der Waals surface area (Å²) in [5.74, 6) is -2.34. The standard InChI is InChI=1S/C16H25N2O8P/c1-27(23,24)14(21)8-17-7-13(20)18(22)16(9-19)10-25-15(26-11-16)12-5-3-2-4-6-12/h2-6,14-15,17,19,21-22H,7-11H2,1H3,(H,23,24). The Morgan fingerprint density at radius 2 is 1.96 bits per heavy atom. The Kier molecular flexibility index (Phi) is 7.49. The van der Waals surface area contributed by atoms with Gasteiger partial charge in [-0.05, 0) is 0 Å². The number of amides is 1. The topological polar surface area (TPSA) is 149 Å². The summed E-state index contributed by atoms with van der Waals surface area (Å²) in [7, 11) is -3.70. The van der Waals surface area contributed by atoms with Gasteiger partial charge >= 0.3 is 0 Å². The third-order valence-electron chi connectivity index (χ3n) is 4.21. The number of carbonyl (C=O) groups excluding carboxylic acids is 1. The first-order valence-electron chi connectivity index (χ1n) is 8.29. The smallest absolute Gasteiger partial charge is 0.260 e. The molecule has 0 saturated carbocycles. The second-order valence-electron chi connectivity index (χ2n) is 6.51. The highest BCUT2D eigenvalue weighted by Gasteiger charge is 2.44. The van der Waals surface area contributed by atoms with Crippen LogP contribution in [0.4, 0.5) is 0 Å². The number of nitrogens with zero attached hydrogens (tertiary/aromatic N) is 1. The van der Waals surface area contributed by atoms with Crippen molar-refractivity contribution in [3.05, 3.63) is 35.9 Å². The van der Waals surface area contributed by atoms with Crippen molar-refractivity contribution in [3.63, 3.8) is 0 Å². The van der Waals surface area contributed by atoms with E-state index in [1.54, 1.807) is 12.1 Å². The molecule has 1 heterocycles. The number of hydroxylamine groups is 2.